The van der Waals surface area contributed by atoms with Gasteiger partial charge in [0.25, 0.3) is 0 Å². The van der Waals surface area contributed by atoms with Crippen LogP contribution in [0.25, 0.3) is 10.1 Å². The number of rotatable bonds is 4. The number of halogens is 5. The maximum atomic E-state index is 12.8. The van der Waals surface area contributed by atoms with Crippen LogP contribution in [0.1, 0.15) is 16.1 Å². The SMILES string of the molecule is O=C(CC(=O)C(F)(F)C(F)(F)F)c1cc2ccccc2s1. The van der Waals surface area contributed by atoms with Crippen LogP contribution in [0.4, 0.5) is 22.0 Å². The Morgan fingerprint density at radius 3 is 2.24 bits per heavy atom. The number of fused-ring (bicyclic) bond motifs is 1. The van der Waals surface area contributed by atoms with E-state index in [9.17, 15) is 31.5 Å². The second kappa shape index (κ2) is 5.18. The molecule has 1 aromatic carbocycles. The molecule has 1 aromatic heterocycles. The van der Waals surface area contributed by atoms with Crippen molar-refractivity contribution < 1.29 is 31.5 Å². The van der Waals surface area contributed by atoms with Gasteiger partial charge in [0.15, 0.2) is 5.78 Å². The molecule has 2 nitrogen and oxygen atoms in total. The predicted octanol–water partition coefficient (Wildman–Crippen LogP) is 4.24. The van der Waals surface area contributed by atoms with Crippen LogP contribution in [0.2, 0.25) is 0 Å². The van der Waals surface area contributed by atoms with Crippen LogP contribution in [0, 0.1) is 0 Å². The third-order valence-corrected chi connectivity index (χ3v) is 3.88. The second-order valence-electron chi connectivity index (χ2n) is 4.24. The van der Waals surface area contributed by atoms with Crippen LogP contribution in [0.3, 0.4) is 0 Å². The zero-order valence-corrected chi connectivity index (χ0v) is 11.0. The maximum Gasteiger partial charge on any atom is 0.461 e. The van der Waals surface area contributed by atoms with Gasteiger partial charge in [0.1, 0.15) is 0 Å². The highest BCUT2D eigenvalue weighted by atomic mass is 32.1. The Morgan fingerprint density at radius 2 is 1.67 bits per heavy atom. The summed E-state index contributed by atoms with van der Waals surface area (Å²) in [7, 11) is 0. The molecule has 0 fully saturated rings. The number of Topliss-reactive ketones (excluding diaryl/α,β-unsaturated/α-hetero) is 2. The summed E-state index contributed by atoms with van der Waals surface area (Å²) >= 11 is 0.938. The molecule has 0 aliphatic heterocycles. The molecule has 0 spiro atoms. The van der Waals surface area contributed by atoms with Crippen LogP contribution in [-0.4, -0.2) is 23.7 Å². The molecule has 2 rings (SSSR count). The van der Waals surface area contributed by atoms with Crippen molar-refractivity contribution in [3.8, 4) is 0 Å². The van der Waals surface area contributed by atoms with E-state index < -0.39 is 30.1 Å². The fourth-order valence-corrected chi connectivity index (χ4v) is 2.62. The third kappa shape index (κ3) is 2.94. The summed E-state index contributed by atoms with van der Waals surface area (Å²) in [5, 5.41) is 0.654. The molecule has 1 heterocycles. The Hall–Kier alpha value is -1.83. The van der Waals surface area contributed by atoms with Gasteiger partial charge in [0.2, 0.25) is 5.78 Å². The number of carbonyl (C=O) groups is 2. The summed E-state index contributed by atoms with van der Waals surface area (Å²) in [5.41, 5.74) is 0. The van der Waals surface area contributed by atoms with E-state index in [4.69, 9.17) is 0 Å². The normalized spacial score (nSPS) is 12.6. The Kier molecular flexibility index (Phi) is 3.83. The quantitative estimate of drug-likeness (QED) is 0.479. The highest BCUT2D eigenvalue weighted by molar-refractivity contribution is 7.20. The molecule has 0 saturated heterocycles. The molecule has 8 heteroatoms. The van der Waals surface area contributed by atoms with Gasteiger partial charge in [-0.05, 0) is 17.5 Å². The topological polar surface area (TPSA) is 34.1 Å². The molecule has 0 atom stereocenters. The van der Waals surface area contributed by atoms with Gasteiger partial charge < -0.3 is 0 Å². The zero-order valence-electron chi connectivity index (χ0n) is 10.2. The van der Waals surface area contributed by atoms with Crippen molar-refractivity contribution in [3.05, 3.63) is 35.2 Å². The minimum absolute atomic E-state index is 0.0254. The molecule has 2 aromatic rings. The van der Waals surface area contributed by atoms with Crippen LogP contribution < -0.4 is 0 Å². The molecule has 0 aliphatic rings. The number of carbonyl (C=O) groups excluding carboxylic acids is 2. The molecular weight excluding hydrogens is 315 g/mol. The summed E-state index contributed by atoms with van der Waals surface area (Å²) in [4.78, 5) is 22.7. The van der Waals surface area contributed by atoms with Gasteiger partial charge in [-0.2, -0.15) is 22.0 Å². The van der Waals surface area contributed by atoms with Crippen LogP contribution in [-0.2, 0) is 4.79 Å². The van der Waals surface area contributed by atoms with E-state index in [1.165, 1.54) is 6.07 Å². The average Bonchev–Trinajstić information content (AvgIpc) is 2.80. The first-order valence-electron chi connectivity index (χ1n) is 5.62. The number of benzene rings is 1. The maximum absolute atomic E-state index is 12.8. The monoisotopic (exact) mass is 322 g/mol. The van der Waals surface area contributed by atoms with Crippen molar-refractivity contribution in [2.24, 2.45) is 0 Å². The Morgan fingerprint density at radius 1 is 1.05 bits per heavy atom. The lowest BCUT2D eigenvalue weighted by Crippen LogP contribution is -2.44. The first-order chi connectivity index (χ1) is 9.63. The van der Waals surface area contributed by atoms with Crippen molar-refractivity contribution in [1.29, 1.82) is 0 Å². The summed E-state index contributed by atoms with van der Waals surface area (Å²) < 4.78 is 62.3. The number of hydrogen-bond acceptors (Lipinski definition) is 3. The van der Waals surface area contributed by atoms with Gasteiger partial charge in [0, 0.05) is 4.70 Å². The Labute approximate surface area is 119 Å². The van der Waals surface area contributed by atoms with Gasteiger partial charge in [-0.25, -0.2) is 0 Å². The minimum Gasteiger partial charge on any atom is -0.293 e. The molecule has 0 N–H and O–H groups in total. The van der Waals surface area contributed by atoms with Gasteiger partial charge in [-0.15, -0.1) is 11.3 Å². The first kappa shape index (κ1) is 15.6. The van der Waals surface area contributed by atoms with Crippen LogP contribution >= 0.6 is 11.3 Å². The summed E-state index contributed by atoms with van der Waals surface area (Å²) in [6.45, 7) is 0. The van der Waals surface area contributed by atoms with Crippen molar-refractivity contribution in [2.45, 2.75) is 18.5 Å². The van der Waals surface area contributed by atoms with E-state index >= 15 is 0 Å². The second-order valence-corrected chi connectivity index (χ2v) is 5.33. The summed E-state index contributed by atoms with van der Waals surface area (Å²) in [5.74, 6) is -9.01. The van der Waals surface area contributed by atoms with Gasteiger partial charge in [0.05, 0.1) is 11.3 Å². The smallest absolute Gasteiger partial charge is 0.293 e. The first-order valence-corrected chi connectivity index (χ1v) is 6.44. The van der Waals surface area contributed by atoms with Crippen LogP contribution in [0.5, 0.6) is 0 Å². The molecule has 112 valence electrons. The van der Waals surface area contributed by atoms with Crippen LogP contribution in [0.15, 0.2) is 30.3 Å². The molecule has 0 amide bonds. The largest absolute Gasteiger partial charge is 0.461 e. The number of thiophene rings is 1. The van der Waals surface area contributed by atoms with Gasteiger partial charge >= 0.3 is 12.1 Å². The highest BCUT2D eigenvalue weighted by Crippen LogP contribution is 2.37. The Bertz CT molecular complexity index is 669. The number of ketones is 2. The zero-order chi connectivity index (χ0) is 15.8. The van der Waals surface area contributed by atoms with Crippen molar-refractivity contribution in [1.82, 2.24) is 0 Å². The Balaban J connectivity index is 2.20. The molecular formula is C13H7F5O2S. The van der Waals surface area contributed by atoms with E-state index in [0.29, 0.717) is 10.1 Å². The fraction of sp³-hybridized carbons (Fsp3) is 0.231. The van der Waals surface area contributed by atoms with Gasteiger partial charge in [-0.3, -0.25) is 9.59 Å². The van der Waals surface area contributed by atoms with Crippen molar-refractivity contribution >= 4 is 33.0 Å². The molecule has 0 bridgehead atoms. The summed E-state index contributed by atoms with van der Waals surface area (Å²) in [6, 6.07) is 8.07. The van der Waals surface area contributed by atoms with E-state index in [-0.39, 0.29) is 4.88 Å². The van der Waals surface area contributed by atoms with E-state index in [0.717, 1.165) is 11.3 Å². The highest BCUT2D eigenvalue weighted by Gasteiger charge is 2.62. The molecule has 0 unspecified atom stereocenters. The lowest BCUT2D eigenvalue weighted by Gasteiger charge is -2.17. The molecule has 0 saturated carbocycles. The number of hydrogen-bond donors (Lipinski definition) is 0. The minimum atomic E-state index is -6.00. The van der Waals surface area contributed by atoms with E-state index in [1.807, 2.05) is 0 Å². The lowest BCUT2D eigenvalue weighted by molar-refractivity contribution is -0.268. The molecule has 21 heavy (non-hydrogen) atoms. The molecule has 0 aliphatic carbocycles. The lowest BCUT2D eigenvalue weighted by atomic mass is 10.1. The van der Waals surface area contributed by atoms with Gasteiger partial charge in [-0.1, -0.05) is 18.2 Å². The fourth-order valence-electron chi connectivity index (χ4n) is 1.62. The predicted molar refractivity (Wildman–Crippen MR) is 66.8 cm³/mol. The average molecular weight is 322 g/mol. The van der Waals surface area contributed by atoms with Crippen molar-refractivity contribution in [2.75, 3.05) is 0 Å². The van der Waals surface area contributed by atoms with E-state index in [2.05, 4.69) is 0 Å². The van der Waals surface area contributed by atoms with Crippen molar-refractivity contribution in [3.63, 3.8) is 0 Å². The standard InChI is InChI=1S/C13H7F5O2S/c14-12(15,13(16,17)18)11(20)6-8(19)10-5-7-3-1-2-4-9(7)21-10/h1-5H,6H2. The third-order valence-electron chi connectivity index (χ3n) is 2.73. The summed E-state index contributed by atoms with van der Waals surface area (Å²) in [6.07, 6.45) is -7.48. The van der Waals surface area contributed by atoms with E-state index in [1.54, 1.807) is 24.3 Å². The number of alkyl halides is 5. The molecule has 0 radical (unpaired) electrons.